The minimum absolute atomic E-state index is 0.00544. The molecule has 0 saturated heterocycles. The third kappa shape index (κ3) is 5.34. The van der Waals surface area contributed by atoms with Gasteiger partial charge in [-0.15, -0.1) is 0 Å². The van der Waals surface area contributed by atoms with E-state index in [4.69, 9.17) is 32.7 Å². The molecule has 2 N–H and O–H groups in total. The molecule has 1 heterocycles. The number of fused-ring (bicyclic) bond motifs is 1. The summed E-state index contributed by atoms with van der Waals surface area (Å²) in [7, 11) is 0. The topological polar surface area (TPSA) is 98.0 Å². The first-order valence-corrected chi connectivity index (χ1v) is 13.0. The third-order valence-electron chi connectivity index (χ3n) is 6.15. The number of benzene rings is 4. The van der Waals surface area contributed by atoms with Gasteiger partial charge >= 0.3 is 11.9 Å². The molecule has 0 aliphatic rings. The van der Waals surface area contributed by atoms with E-state index < -0.39 is 11.9 Å². The number of halogens is 2. The number of carboxylic acid groups (broad SMARTS) is 2. The number of hydrogen-bond acceptors (Lipinski definition) is 4. The lowest BCUT2D eigenvalue weighted by Crippen LogP contribution is -2.06. The first-order chi connectivity index (χ1) is 19.1. The van der Waals surface area contributed by atoms with Gasteiger partial charge in [0, 0.05) is 17.1 Å². The van der Waals surface area contributed by atoms with Crippen LogP contribution in [0.5, 0.6) is 17.2 Å². The molecular weight excluding hydrogens is 553 g/mol. The van der Waals surface area contributed by atoms with E-state index in [1.54, 1.807) is 48.5 Å². The molecule has 0 saturated carbocycles. The van der Waals surface area contributed by atoms with Gasteiger partial charge in [0.15, 0.2) is 0 Å². The summed E-state index contributed by atoms with van der Waals surface area (Å²) < 4.78 is 13.6. The quantitative estimate of drug-likeness (QED) is 0.192. The van der Waals surface area contributed by atoms with Gasteiger partial charge in [-0.25, -0.2) is 9.59 Å². The van der Waals surface area contributed by atoms with Crippen molar-refractivity contribution in [2.45, 2.75) is 20.0 Å². The Morgan fingerprint density at radius 3 is 1.98 bits per heavy atom. The summed E-state index contributed by atoms with van der Waals surface area (Å²) in [4.78, 5) is 24.2. The summed E-state index contributed by atoms with van der Waals surface area (Å²) in [5.41, 5.74) is 2.38. The molecule has 0 aliphatic heterocycles. The van der Waals surface area contributed by atoms with Crippen molar-refractivity contribution in [3.63, 3.8) is 0 Å². The Bertz CT molecular complexity index is 1740. The fourth-order valence-electron chi connectivity index (χ4n) is 4.48. The van der Waals surface area contributed by atoms with E-state index in [-0.39, 0.29) is 17.2 Å². The van der Waals surface area contributed by atoms with Gasteiger partial charge < -0.3 is 24.3 Å². The third-order valence-corrected chi connectivity index (χ3v) is 6.89. The molecule has 0 fully saturated rings. The van der Waals surface area contributed by atoms with Crippen LogP contribution in [0.25, 0.3) is 27.8 Å². The second kappa shape index (κ2) is 11.0. The second-order valence-corrected chi connectivity index (χ2v) is 10.1. The maximum absolute atomic E-state index is 12.8. The van der Waals surface area contributed by atoms with E-state index in [2.05, 4.69) is 0 Å². The molecule has 0 amide bonds. The van der Waals surface area contributed by atoms with Crippen molar-refractivity contribution in [3.05, 3.63) is 106 Å². The predicted octanol–water partition coefficient (Wildman–Crippen LogP) is 8.58. The van der Waals surface area contributed by atoms with Crippen LogP contribution >= 0.6 is 23.2 Å². The van der Waals surface area contributed by atoms with E-state index in [1.165, 1.54) is 12.1 Å². The van der Waals surface area contributed by atoms with Gasteiger partial charge in [0.1, 0.15) is 17.2 Å². The summed E-state index contributed by atoms with van der Waals surface area (Å²) in [6, 6.07) is 23.5. The highest BCUT2D eigenvalue weighted by Gasteiger charge is 2.25. The number of nitrogens with zero attached hydrogens (tertiary/aromatic N) is 1. The standard InChI is InChI=1S/C31H23Cl2NO6/c1-17(2)39-21-9-7-20(8-10-21)34-27-14-12-22(40-23-11-13-25(32)26(33)16-23)15-24(27)28(31(37)38)29(34)18-3-5-19(6-4-18)30(35)36/h3-17H,1-2H3,(H,35,36)(H,37,38). The highest BCUT2D eigenvalue weighted by molar-refractivity contribution is 6.42. The van der Waals surface area contributed by atoms with Gasteiger partial charge in [0.2, 0.25) is 0 Å². The zero-order valence-electron chi connectivity index (χ0n) is 21.4. The molecule has 1 aromatic heterocycles. The molecule has 0 aliphatic carbocycles. The molecule has 5 rings (SSSR count). The lowest BCUT2D eigenvalue weighted by atomic mass is 10.0. The minimum Gasteiger partial charge on any atom is -0.491 e. The molecule has 0 bridgehead atoms. The summed E-state index contributed by atoms with van der Waals surface area (Å²) in [6.45, 7) is 3.87. The van der Waals surface area contributed by atoms with Crippen LogP contribution in [0.1, 0.15) is 34.6 Å². The number of aromatic nitrogens is 1. The number of rotatable bonds is 8. The average Bonchev–Trinajstić information content (AvgIpc) is 3.25. The highest BCUT2D eigenvalue weighted by Crippen LogP contribution is 2.39. The van der Waals surface area contributed by atoms with Gasteiger partial charge in [-0.3, -0.25) is 0 Å². The Balaban J connectivity index is 1.72. The Kier molecular flexibility index (Phi) is 7.43. The maximum atomic E-state index is 12.8. The molecule has 5 aromatic rings. The SMILES string of the molecule is CC(C)Oc1ccc(-n2c(-c3ccc(C(=O)O)cc3)c(C(=O)O)c3cc(Oc4ccc(Cl)c(Cl)c4)ccc32)cc1. The number of ether oxygens (including phenoxy) is 2. The smallest absolute Gasteiger partial charge is 0.338 e. The van der Waals surface area contributed by atoms with Gasteiger partial charge in [-0.1, -0.05) is 35.3 Å². The van der Waals surface area contributed by atoms with Crippen LogP contribution in [0, 0.1) is 0 Å². The van der Waals surface area contributed by atoms with E-state index in [1.807, 2.05) is 42.7 Å². The zero-order valence-corrected chi connectivity index (χ0v) is 22.9. The van der Waals surface area contributed by atoms with E-state index >= 15 is 0 Å². The van der Waals surface area contributed by atoms with Crippen molar-refractivity contribution in [2.75, 3.05) is 0 Å². The Labute approximate surface area is 239 Å². The van der Waals surface area contributed by atoms with Crippen LogP contribution in [0.4, 0.5) is 0 Å². The van der Waals surface area contributed by atoms with Crippen LogP contribution in [-0.2, 0) is 0 Å². The fraction of sp³-hybridized carbons (Fsp3) is 0.0968. The molecule has 0 spiro atoms. The van der Waals surface area contributed by atoms with Crippen LogP contribution in [0.15, 0.2) is 84.9 Å². The van der Waals surface area contributed by atoms with Crippen molar-refractivity contribution < 1.29 is 29.3 Å². The summed E-state index contributed by atoms with van der Waals surface area (Å²) in [5.74, 6) is -0.699. The van der Waals surface area contributed by atoms with Crippen LogP contribution in [-0.4, -0.2) is 32.8 Å². The molecule has 0 atom stereocenters. The lowest BCUT2D eigenvalue weighted by Gasteiger charge is -2.14. The Morgan fingerprint density at radius 1 is 0.750 bits per heavy atom. The van der Waals surface area contributed by atoms with Crippen LogP contribution in [0.3, 0.4) is 0 Å². The predicted molar refractivity (Wildman–Crippen MR) is 155 cm³/mol. The largest absolute Gasteiger partial charge is 0.491 e. The van der Waals surface area contributed by atoms with E-state index in [0.717, 1.165) is 0 Å². The molecule has 9 heteroatoms. The van der Waals surface area contributed by atoms with Crippen molar-refractivity contribution in [2.24, 2.45) is 0 Å². The summed E-state index contributed by atoms with van der Waals surface area (Å²) >= 11 is 12.2. The molecular formula is C31H23Cl2NO6. The minimum atomic E-state index is -1.15. The Hall–Kier alpha value is -4.46. The molecule has 4 aromatic carbocycles. The zero-order chi connectivity index (χ0) is 28.6. The van der Waals surface area contributed by atoms with Gasteiger partial charge in [0.05, 0.1) is 38.5 Å². The lowest BCUT2D eigenvalue weighted by molar-refractivity contribution is 0.0687. The number of carboxylic acids is 2. The highest BCUT2D eigenvalue weighted by atomic mass is 35.5. The summed E-state index contributed by atoms with van der Waals surface area (Å²) in [6.07, 6.45) is -0.00544. The Morgan fingerprint density at radius 2 is 1.38 bits per heavy atom. The van der Waals surface area contributed by atoms with Crippen molar-refractivity contribution in [1.29, 1.82) is 0 Å². The first-order valence-electron chi connectivity index (χ1n) is 12.3. The van der Waals surface area contributed by atoms with Crippen molar-refractivity contribution in [3.8, 4) is 34.2 Å². The van der Waals surface area contributed by atoms with Crippen LogP contribution in [0.2, 0.25) is 10.0 Å². The molecule has 7 nitrogen and oxygen atoms in total. The maximum Gasteiger partial charge on any atom is 0.338 e. The molecule has 0 unspecified atom stereocenters. The van der Waals surface area contributed by atoms with Crippen molar-refractivity contribution >= 4 is 46.0 Å². The normalized spacial score (nSPS) is 11.1. The molecule has 202 valence electrons. The summed E-state index contributed by atoms with van der Waals surface area (Å²) in [5, 5.41) is 20.9. The molecule has 40 heavy (non-hydrogen) atoms. The number of aromatic carboxylic acids is 2. The van der Waals surface area contributed by atoms with E-state index in [0.29, 0.717) is 55.1 Å². The average molecular weight is 576 g/mol. The van der Waals surface area contributed by atoms with Crippen molar-refractivity contribution in [1.82, 2.24) is 4.57 Å². The van der Waals surface area contributed by atoms with Crippen LogP contribution < -0.4 is 9.47 Å². The number of hydrogen-bond donors (Lipinski definition) is 2. The van der Waals surface area contributed by atoms with Gasteiger partial charge in [0.25, 0.3) is 0 Å². The first kappa shape index (κ1) is 27.1. The second-order valence-electron chi connectivity index (χ2n) is 9.26. The van der Waals surface area contributed by atoms with Gasteiger partial charge in [-0.2, -0.15) is 0 Å². The number of carbonyl (C=O) groups is 2. The van der Waals surface area contributed by atoms with Gasteiger partial charge in [-0.05, 0) is 86.1 Å². The molecule has 0 radical (unpaired) electrons. The fourth-order valence-corrected chi connectivity index (χ4v) is 4.77. The van der Waals surface area contributed by atoms with E-state index in [9.17, 15) is 19.8 Å². The monoisotopic (exact) mass is 575 g/mol.